The quantitative estimate of drug-likeness (QED) is 0.105. The van der Waals surface area contributed by atoms with Crippen molar-refractivity contribution in [3.05, 3.63) is 128 Å². The summed E-state index contributed by atoms with van der Waals surface area (Å²) in [6.45, 7) is 3.74. The van der Waals surface area contributed by atoms with Gasteiger partial charge in [-0.15, -0.1) is 11.3 Å². The molecule has 6 aromatic rings. The molecule has 0 fully saturated rings. The normalized spacial score (nSPS) is 11.3. The van der Waals surface area contributed by atoms with Crippen LogP contribution in [-0.4, -0.2) is 25.7 Å². The van der Waals surface area contributed by atoms with Crippen LogP contribution in [0.3, 0.4) is 0 Å². The van der Waals surface area contributed by atoms with Crippen molar-refractivity contribution in [3.63, 3.8) is 0 Å². The van der Waals surface area contributed by atoms with E-state index < -0.39 is 5.82 Å². The fraction of sp³-hybridized carbons (Fsp3) is 0.0938. The number of hydrogen-bond donors (Lipinski definition) is 0. The molecule has 9 heteroatoms. The minimum absolute atomic E-state index is 0.0165. The van der Waals surface area contributed by atoms with Gasteiger partial charge in [0.15, 0.2) is 10.9 Å². The second-order valence-electron chi connectivity index (χ2n) is 9.50. The number of rotatable bonds is 7. The maximum Gasteiger partial charge on any atom is 0.268 e. The van der Waals surface area contributed by atoms with Crippen molar-refractivity contribution in [3.8, 4) is 22.5 Å². The Hall–Kier alpha value is -3.98. The number of hydrogen-bond acceptors (Lipinski definition) is 5. The minimum Gasteiger partial charge on any atom is -0.318 e. The summed E-state index contributed by atoms with van der Waals surface area (Å²) < 4.78 is 17.2. The van der Waals surface area contributed by atoms with Gasteiger partial charge >= 0.3 is 0 Å². The van der Waals surface area contributed by atoms with Crippen molar-refractivity contribution in [2.45, 2.75) is 19.0 Å². The average molecular weight is 600 g/mol. The van der Waals surface area contributed by atoms with E-state index in [4.69, 9.17) is 16.6 Å². The molecule has 6 rings (SSSR count). The molecule has 0 aliphatic rings. The van der Waals surface area contributed by atoms with E-state index in [0.717, 1.165) is 22.5 Å². The molecular weight excluding hydrogens is 577 g/mol. The van der Waals surface area contributed by atoms with Gasteiger partial charge in [0.1, 0.15) is 10.6 Å². The Kier molecular flexibility index (Phi) is 7.38. The number of para-hydroxylation sites is 1. The number of carbonyl (C=O) groups is 1. The third-order valence-corrected chi connectivity index (χ3v) is 9.00. The Morgan fingerprint density at radius 3 is 2.37 bits per heavy atom. The SMILES string of the molecule is Cc1cc(C(=O)CSc2nc3scc(-c4ccccc4)c3c(=O)n2-c2ccccc2)c(C)n1-c1ccc(F)c(Cl)c1. The molecule has 204 valence electrons. The van der Waals surface area contributed by atoms with E-state index in [1.165, 1.54) is 29.2 Å². The molecule has 3 heterocycles. The van der Waals surface area contributed by atoms with Crippen molar-refractivity contribution < 1.29 is 9.18 Å². The van der Waals surface area contributed by atoms with E-state index in [2.05, 4.69) is 0 Å². The van der Waals surface area contributed by atoms with Crippen LogP contribution >= 0.6 is 34.7 Å². The first-order valence-electron chi connectivity index (χ1n) is 12.8. The van der Waals surface area contributed by atoms with E-state index in [1.807, 2.05) is 90.5 Å². The number of benzene rings is 3. The van der Waals surface area contributed by atoms with Gasteiger partial charge in [-0.1, -0.05) is 71.9 Å². The van der Waals surface area contributed by atoms with E-state index in [1.54, 1.807) is 16.7 Å². The highest BCUT2D eigenvalue weighted by molar-refractivity contribution is 7.99. The van der Waals surface area contributed by atoms with Crippen LogP contribution in [0.4, 0.5) is 4.39 Å². The predicted octanol–water partition coefficient (Wildman–Crippen LogP) is 8.29. The standard InChI is InChI=1S/C32H23ClFN3O2S2/c1-19-15-24(20(2)36(19)23-13-14-27(34)26(33)16-23)28(38)18-41-32-35-30-29(25(17-40-30)21-9-5-3-6-10-21)31(39)37(32)22-11-7-4-8-12-22/h3-17H,18H2,1-2H3. The van der Waals surface area contributed by atoms with Gasteiger partial charge in [0.25, 0.3) is 5.56 Å². The molecule has 0 aliphatic carbocycles. The number of thiophene rings is 1. The molecule has 0 saturated heterocycles. The highest BCUT2D eigenvalue weighted by atomic mass is 35.5. The number of nitrogens with zero attached hydrogens (tertiary/aromatic N) is 3. The number of halogens is 2. The number of aromatic nitrogens is 3. The lowest BCUT2D eigenvalue weighted by Crippen LogP contribution is -2.22. The maximum absolute atomic E-state index is 14.0. The van der Waals surface area contributed by atoms with E-state index in [-0.39, 0.29) is 22.1 Å². The van der Waals surface area contributed by atoms with Crippen LogP contribution in [-0.2, 0) is 0 Å². The van der Waals surface area contributed by atoms with Crippen molar-refractivity contribution in [1.82, 2.24) is 14.1 Å². The monoisotopic (exact) mass is 599 g/mol. The molecule has 3 aromatic carbocycles. The van der Waals surface area contributed by atoms with Gasteiger partial charge < -0.3 is 4.57 Å². The van der Waals surface area contributed by atoms with Gasteiger partial charge in [-0.05, 0) is 55.8 Å². The molecule has 41 heavy (non-hydrogen) atoms. The zero-order valence-corrected chi connectivity index (χ0v) is 24.5. The fourth-order valence-electron chi connectivity index (χ4n) is 4.98. The first kappa shape index (κ1) is 27.2. The first-order chi connectivity index (χ1) is 19.8. The van der Waals surface area contributed by atoms with Crippen molar-refractivity contribution in [2.75, 3.05) is 5.75 Å². The zero-order valence-electron chi connectivity index (χ0n) is 22.1. The number of thioether (sulfide) groups is 1. The van der Waals surface area contributed by atoms with Crippen LogP contribution in [0, 0.1) is 19.7 Å². The Morgan fingerprint density at radius 1 is 0.951 bits per heavy atom. The molecule has 0 saturated carbocycles. The number of aryl methyl sites for hydroxylation is 1. The van der Waals surface area contributed by atoms with Gasteiger partial charge in [-0.2, -0.15) is 0 Å². The second kappa shape index (κ2) is 11.1. The first-order valence-corrected chi connectivity index (χ1v) is 15.0. The van der Waals surface area contributed by atoms with Gasteiger partial charge in [-0.3, -0.25) is 14.2 Å². The average Bonchev–Trinajstić information content (AvgIpc) is 3.54. The molecule has 3 aromatic heterocycles. The Labute approximate surface area is 248 Å². The Morgan fingerprint density at radius 2 is 1.66 bits per heavy atom. The topological polar surface area (TPSA) is 56.9 Å². The highest BCUT2D eigenvalue weighted by Gasteiger charge is 2.22. The summed E-state index contributed by atoms with van der Waals surface area (Å²) in [5, 5.41) is 2.98. The van der Waals surface area contributed by atoms with E-state index >= 15 is 0 Å². The van der Waals surface area contributed by atoms with Crippen LogP contribution in [0.5, 0.6) is 0 Å². The Balaban J connectivity index is 1.38. The molecule has 5 nitrogen and oxygen atoms in total. The summed E-state index contributed by atoms with van der Waals surface area (Å²) in [7, 11) is 0. The fourth-order valence-corrected chi connectivity index (χ4v) is 7.04. The lowest BCUT2D eigenvalue weighted by atomic mass is 10.1. The van der Waals surface area contributed by atoms with Crippen LogP contribution < -0.4 is 5.56 Å². The molecule has 0 aliphatic heterocycles. The third-order valence-electron chi connectivity index (χ3n) is 6.90. The van der Waals surface area contributed by atoms with Gasteiger partial charge in [-0.25, -0.2) is 9.37 Å². The largest absolute Gasteiger partial charge is 0.318 e. The smallest absolute Gasteiger partial charge is 0.268 e. The minimum atomic E-state index is -0.499. The zero-order chi connectivity index (χ0) is 28.7. The molecule has 0 unspecified atom stereocenters. The lowest BCUT2D eigenvalue weighted by molar-refractivity contribution is 0.102. The van der Waals surface area contributed by atoms with Crippen molar-refractivity contribution in [1.29, 1.82) is 0 Å². The van der Waals surface area contributed by atoms with Gasteiger partial charge in [0.05, 0.1) is 21.8 Å². The number of fused-ring (bicyclic) bond motifs is 1. The van der Waals surface area contributed by atoms with E-state index in [0.29, 0.717) is 32.3 Å². The van der Waals surface area contributed by atoms with Crippen LogP contribution in [0.25, 0.3) is 32.7 Å². The van der Waals surface area contributed by atoms with Crippen LogP contribution in [0.15, 0.2) is 100 Å². The van der Waals surface area contributed by atoms with Gasteiger partial charge in [0.2, 0.25) is 0 Å². The summed E-state index contributed by atoms with van der Waals surface area (Å²) in [5.74, 6) is -0.523. The van der Waals surface area contributed by atoms with Crippen LogP contribution in [0.1, 0.15) is 21.7 Å². The lowest BCUT2D eigenvalue weighted by Gasteiger charge is -2.13. The van der Waals surface area contributed by atoms with Gasteiger partial charge in [0, 0.05) is 33.6 Å². The Bertz CT molecular complexity index is 1980. The molecule has 0 amide bonds. The summed E-state index contributed by atoms with van der Waals surface area (Å²) in [6.07, 6.45) is 0. The van der Waals surface area contributed by atoms with Crippen molar-refractivity contribution >= 4 is 50.7 Å². The summed E-state index contributed by atoms with van der Waals surface area (Å²) >= 11 is 8.67. The highest BCUT2D eigenvalue weighted by Crippen LogP contribution is 2.33. The summed E-state index contributed by atoms with van der Waals surface area (Å²) in [6, 6.07) is 25.4. The molecule has 0 spiro atoms. The number of ketones is 1. The molecule has 0 radical (unpaired) electrons. The maximum atomic E-state index is 14.0. The number of Topliss-reactive ketones (excluding diaryl/α,β-unsaturated/α-hetero) is 1. The third kappa shape index (κ3) is 5.03. The number of carbonyl (C=O) groups excluding carboxylic acids is 1. The molecule has 0 atom stereocenters. The summed E-state index contributed by atoms with van der Waals surface area (Å²) in [5.41, 5.74) is 5.07. The molecule has 0 N–H and O–H groups in total. The second-order valence-corrected chi connectivity index (χ2v) is 11.7. The molecular formula is C32H23ClFN3O2S2. The van der Waals surface area contributed by atoms with Crippen molar-refractivity contribution in [2.24, 2.45) is 0 Å². The predicted molar refractivity (Wildman–Crippen MR) is 166 cm³/mol. The molecule has 0 bridgehead atoms. The van der Waals surface area contributed by atoms with Crippen LogP contribution in [0.2, 0.25) is 5.02 Å². The van der Waals surface area contributed by atoms with E-state index in [9.17, 15) is 14.0 Å². The summed E-state index contributed by atoms with van der Waals surface area (Å²) in [4.78, 5) is 33.0.